The SMILES string of the molecule is O=C(N[C@H]1CC[C@H](CCN2CCc3sc(NCC(F)F)nc3C2)CC1)c1cccc2ncccc12. The van der Waals surface area contributed by atoms with Crippen molar-refractivity contribution in [3.63, 3.8) is 0 Å². The fourth-order valence-corrected chi connectivity index (χ4v) is 6.17. The number of nitrogens with zero attached hydrogens (tertiary/aromatic N) is 3. The number of anilines is 1. The van der Waals surface area contributed by atoms with Crippen LogP contribution in [0.3, 0.4) is 0 Å². The number of pyridine rings is 1. The monoisotopic (exact) mass is 499 g/mol. The second-order valence-corrected chi connectivity index (χ2v) is 10.6. The Kier molecular flexibility index (Phi) is 7.53. The zero-order chi connectivity index (χ0) is 24.2. The average molecular weight is 500 g/mol. The number of carbonyl (C=O) groups excluding carboxylic acids is 1. The van der Waals surface area contributed by atoms with Crippen LogP contribution in [-0.2, 0) is 13.0 Å². The molecule has 6 nitrogen and oxygen atoms in total. The Morgan fingerprint density at radius 3 is 2.86 bits per heavy atom. The van der Waals surface area contributed by atoms with E-state index in [0.29, 0.717) is 16.6 Å². The van der Waals surface area contributed by atoms with Crippen LogP contribution in [-0.4, -0.2) is 52.9 Å². The number of aromatic nitrogens is 2. The first-order chi connectivity index (χ1) is 17.0. The maximum Gasteiger partial charge on any atom is 0.255 e. The molecular weight excluding hydrogens is 468 g/mol. The summed E-state index contributed by atoms with van der Waals surface area (Å²) in [5, 5.41) is 7.49. The molecule has 0 atom stereocenters. The van der Waals surface area contributed by atoms with Crippen molar-refractivity contribution in [2.45, 2.75) is 57.5 Å². The average Bonchev–Trinajstić information content (AvgIpc) is 3.29. The molecule has 2 aromatic heterocycles. The van der Waals surface area contributed by atoms with Crippen LogP contribution in [0.5, 0.6) is 0 Å². The van der Waals surface area contributed by atoms with Crippen LogP contribution in [0.1, 0.15) is 53.0 Å². The van der Waals surface area contributed by atoms with Crippen LogP contribution in [0.2, 0.25) is 0 Å². The fraction of sp³-hybridized carbons (Fsp3) is 0.500. The smallest absolute Gasteiger partial charge is 0.255 e. The van der Waals surface area contributed by atoms with Crippen LogP contribution >= 0.6 is 11.3 Å². The Hall–Kier alpha value is -2.65. The lowest BCUT2D eigenvalue weighted by atomic mass is 9.84. The lowest BCUT2D eigenvalue weighted by molar-refractivity contribution is 0.0921. The normalized spacial score (nSPS) is 20.7. The van der Waals surface area contributed by atoms with Gasteiger partial charge in [0.1, 0.15) is 0 Å². The third kappa shape index (κ3) is 5.95. The highest BCUT2D eigenvalue weighted by molar-refractivity contribution is 7.15. The van der Waals surface area contributed by atoms with Gasteiger partial charge in [-0.25, -0.2) is 13.8 Å². The van der Waals surface area contributed by atoms with Gasteiger partial charge in [-0.1, -0.05) is 12.1 Å². The summed E-state index contributed by atoms with van der Waals surface area (Å²) < 4.78 is 24.9. The van der Waals surface area contributed by atoms with Crippen LogP contribution in [0.15, 0.2) is 36.5 Å². The molecule has 2 N–H and O–H groups in total. The largest absolute Gasteiger partial charge is 0.356 e. The third-order valence-corrected chi connectivity index (χ3v) is 8.26. The lowest BCUT2D eigenvalue weighted by Crippen LogP contribution is -2.38. The molecule has 0 unspecified atom stereocenters. The number of rotatable bonds is 8. The molecule has 0 bridgehead atoms. The Bertz CT molecular complexity index is 1160. The molecule has 35 heavy (non-hydrogen) atoms. The van der Waals surface area contributed by atoms with Gasteiger partial charge in [-0.15, -0.1) is 11.3 Å². The fourth-order valence-electron chi connectivity index (χ4n) is 5.21. The number of hydrogen-bond acceptors (Lipinski definition) is 6. The molecular formula is C26H31F2N5OS. The number of hydrogen-bond donors (Lipinski definition) is 2. The van der Waals surface area contributed by atoms with E-state index in [2.05, 4.69) is 25.5 Å². The van der Waals surface area contributed by atoms with E-state index in [0.717, 1.165) is 74.8 Å². The first-order valence-corrected chi connectivity index (χ1v) is 13.2. The second-order valence-electron chi connectivity index (χ2n) is 9.54. The van der Waals surface area contributed by atoms with Crippen molar-refractivity contribution in [2.75, 3.05) is 25.0 Å². The Balaban J connectivity index is 1.06. The molecule has 1 fully saturated rings. The molecule has 9 heteroatoms. The van der Waals surface area contributed by atoms with Gasteiger partial charge in [0, 0.05) is 41.2 Å². The van der Waals surface area contributed by atoms with E-state index < -0.39 is 6.43 Å². The standard InChI is InChI=1S/C26H31F2N5OS/c27-24(28)15-30-26-32-22-16-33(14-11-23(22)35-26)13-10-17-6-8-18(9-7-17)31-25(34)20-3-1-5-21-19(20)4-2-12-29-21/h1-5,12,17-18,24H,6-11,13-16H2,(H,30,32)(H,31,34)/t17-,18-. The van der Waals surface area contributed by atoms with Crippen LogP contribution < -0.4 is 10.6 Å². The van der Waals surface area contributed by atoms with Crippen molar-refractivity contribution in [3.05, 3.63) is 52.7 Å². The van der Waals surface area contributed by atoms with Crippen LogP contribution in [0.25, 0.3) is 10.9 Å². The first-order valence-electron chi connectivity index (χ1n) is 12.4. The number of thiazole rings is 1. The number of benzene rings is 1. The Morgan fingerprint density at radius 2 is 2.03 bits per heavy atom. The minimum absolute atomic E-state index is 0.0122. The molecule has 1 aromatic carbocycles. The molecule has 2 aliphatic rings. The quantitative estimate of drug-likeness (QED) is 0.451. The van der Waals surface area contributed by atoms with Gasteiger partial charge in [0.15, 0.2) is 5.13 Å². The van der Waals surface area contributed by atoms with Gasteiger partial charge in [0.25, 0.3) is 12.3 Å². The minimum Gasteiger partial charge on any atom is -0.356 e. The van der Waals surface area contributed by atoms with Gasteiger partial charge >= 0.3 is 0 Å². The van der Waals surface area contributed by atoms with Gasteiger partial charge in [0.05, 0.1) is 17.8 Å². The third-order valence-electron chi connectivity index (χ3n) is 7.14. The van der Waals surface area contributed by atoms with Crippen LogP contribution in [0, 0.1) is 5.92 Å². The molecule has 3 aromatic rings. The second kappa shape index (κ2) is 11.0. The number of alkyl halides is 2. The van der Waals surface area contributed by atoms with E-state index in [9.17, 15) is 13.6 Å². The number of amides is 1. The highest BCUT2D eigenvalue weighted by Crippen LogP contribution is 2.31. The predicted octanol–water partition coefficient (Wildman–Crippen LogP) is 5.11. The van der Waals surface area contributed by atoms with Crippen molar-refractivity contribution in [1.82, 2.24) is 20.2 Å². The molecule has 1 amide bonds. The molecule has 5 rings (SSSR count). The van der Waals surface area contributed by atoms with Crippen molar-refractivity contribution in [2.24, 2.45) is 5.92 Å². The highest BCUT2D eigenvalue weighted by atomic mass is 32.1. The van der Waals surface area contributed by atoms with E-state index in [1.807, 2.05) is 30.3 Å². The molecule has 186 valence electrons. The minimum atomic E-state index is -2.37. The number of fused-ring (bicyclic) bond motifs is 2. The molecule has 0 radical (unpaired) electrons. The summed E-state index contributed by atoms with van der Waals surface area (Å²) in [6.45, 7) is 2.47. The van der Waals surface area contributed by atoms with Gasteiger partial charge in [-0.05, 0) is 69.2 Å². The summed E-state index contributed by atoms with van der Waals surface area (Å²) in [5.41, 5.74) is 2.57. The van der Waals surface area contributed by atoms with Gasteiger partial charge < -0.3 is 10.6 Å². The Labute approximate surface area is 208 Å². The van der Waals surface area contributed by atoms with Crippen molar-refractivity contribution < 1.29 is 13.6 Å². The zero-order valence-corrected chi connectivity index (χ0v) is 20.5. The predicted molar refractivity (Wildman–Crippen MR) is 135 cm³/mol. The topological polar surface area (TPSA) is 70.2 Å². The summed E-state index contributed by atoms with van der Waals surface area (Å²) in [7, 11) is 0. The summed E-state index contributed by atoms with van der Waals surface area (Å²) in [6, 6.07) is 9.72. The van der Waals surface area contributed by atoms with Gasteiger partial charge in [0.2, 0.25) is 0 Å². The van der Waals surface area contributed by atoms with Gasteiger partial charge in [-0.3, -0.25) is 14.7 Å². The van der Waals surface area contributed by atoms with Crippen LogP contribution in [0.4, 0.5) is 13.9 Å². The maximum atomic E-state index is 12.9. The summed E-state index contributed by atoms with van der Waals surface area (Å²) in [6.07, 6.45) is 5.72. The van der Waals surface area contributed by atoms with Crippen molar-refractivity contribution in [3.8, 4) is 0 Å². The van der Waals surface area contributed by atoms with Crippen molar-refractivity contribution >= 4 is 33.3 Å². The maximum absolute atomic E-state index is 12.9. The lowest BCUT2D eigenvalue weighted by Gasteiger charge is -2.32. The molecule has 1 aliphatic carbocycles. The van der Waals surface area contributed by atoms with E-state index in [-0.39, 0.29) is 18.5 Å². The zero-order valence-electron chi connectivity index (χ0n) is 19.7. The summed E-state index contributed by atoms with van der Waals surface area (Å²) in [5.74, 6) is 0.659. The van der Waals surface area contributed by atoms with Gasteiger partial charge in [-0.2, -0.15) is 0 Å². The molecule has 1 aliphatic heterocycles. The van der Waals surface area contributed by atoms with Crippen molar-refractivity contribution in [1.29, 1.82) is 0 Å². The molecule has 0 saturated heterocycles. The van der Waals surface area contributed by atoms with E-state index in [1.165, 1.54) is 16.2 Å². The number of halogens is 2. The van der Waals surface area contributed by atoms with E-state index >= 15 is 0 Å². The Morgan fingerprint density at radius 1 is 1.17 bits per heavy atom. The molecule has 3 heterocycles. The number of carbonyl (C=O) groups is 1. The molecule has 1 saturated carbocycles. The molecule has 0 spiro atoms. The van der Waals surface area contributed by atoms with E-state index in [1.54, 1.807) is 6.20 Å². The summed E-state index contributed by atoms with van der Waals surface area (Å²) >= 11 is 1.51. The number of nitrogens with one attached hydrogen (secondary N) is 2. The summed E-state index contributed by atoms with van der Waals surface area (Å²) in [4.78, 5) is 25.5. The highest BCUT2D eigenvalue weighted by Gasteiger charge is 2.25. The van der Waals surface area contributed by atoms with E-state index in [4.69, 9.17) is 0 Å². The first kappa shape index (κ1) is 24.1.